The predicted molar refractivity (Wildman–Crippen MR) is 83.1 cm³/mol. The van der Waals surface area contributed by atoms with Crippen LogP contribution in [0.4, 0.5) is 11.4 Å². The molecule has 1 heterocycles. The molecule has 0 saturated heterocycles. The van der Waals surface area contributed by atoms with E-state index in [1.165, 1.54) is 16.9 Å². The van der Waals surface area contributed by atoms with Crippen LogP contribution in [0.1, 0.15) is 6.92 Å². The molecule has 100 valence electrons. The zero-order chi connectivity index (χ0) is 13.8. The first kappa shape index (κ1) is 12.5. The largest absolute Gasteiger partial charge is 0.342 e. The van der Waals surface area contributed by atoms with Gasteiger partial charge in [-0.15, -0.1) is 0 Å². The molecule has 1 aromatic heterocycles. The minimum absolute atomic E-state index is 0.940. The molecule has 0 saturated carbocycles. The Morgan fingerprint density at radius 1 is 0.900 bits per heavy atom. The zero-order valence-electron chi connectivity index (χ0n) is 11.5. The van der Waals surface area contributed by atoms with Gasteiger partial charge in [-0.2, -0.15) is 5.10 Å². The number of para-hydroxylation sites is 1. The molecule has 0 unspecified atom stereocenters. The third-order valence-corrected chi connectivity index (χ3v) is 3.39. The first-order chi connectivity index (χ1) is 9.88. The lowest BCUT2D eigenvalue weighted by Gasteiger charge is -2.23. The van der Waals surface area contributed by atoms with Gasteiger partial charge in [0.05, 0.1) is 6.20 Å². The first-order valence-corrected chi connectivity index (χ1v) is 6.80. The maximum atomic E-state index is 3.98. The van der Waals surface area contributed by atoms with E-state index in [-0.39, 0.29) is 0 Å². The second-order valence-electron chi connectivity index (χ2n) is 4.61. The third-order valence-electron chi connectivity index (χ3n) is 3.39. The summed E-state index contributed by atoms with van der Waals surface area (Å²) in [6.07, 6.45) is 3.74. The van der Waals surface area contributed by atoms with E-state index in [1.54, 1.807) is 0 Å². The fraction of sp³-hybridized carbons (Fsp3) is 0.118. The van der Waals surface area contributed by atoms with E-state index < -0.39 is 0 Å². The topological polar surface area (TPSA) is 31.9 Å². The summed E-state index contributed by atoms with van der Waals surface area (Å²) >= 11 is 0. The first-order valence-electron chi connectivity index (χ1n) is 6.80. The zero-order valence-corrected chi connectivity index (χ0v) is 11.5. The summed E-state index contributed by atoms with van der Waals surface area (Å²) in [7, 11) is 0. The fourth-order valence-electron chi connectivity index (χ4n) is 2.36. The van der Waals surface area contributed by atoms with Crippen LogP contribution in [0, 0.1) is 0 Å². The van der Waals surface area contributed by atoms with Crippen LogP contribution in [0.2, 0.25) is 0 Å². The lowest BCUT2D eigenvalue weighted by atomic mass is 10.1. The van der Waals surface area contributed by atoms with Gasteiger partial charge in [-0.05, 0) is 36.8 Å². The summed E-state index contributed by atoms with van der Waals surface area (Å²) < 4.78 is 0. The van der Waals surface area contributed by atoms with Crippen molar-refractivity contribution in [1.29, 1.82) is 0 Å². The van der Waals surface area contributed by atoms with Crippen molar-refractivity contribution in [2.24, 2.45) is 0 Å². The van der Waals surface area contributed by atoms with E-state index in [1.807, 2.05) is 18.5 Å². The van der Waals surface area contributed by atoms with Crippen molar-refractivity contribution in [3.8, 4) is 11.1 Å². The number of benzene rings is 2. The highest BCUT2D eigenvalue weighted by atomic mass is 15.1. The molecule has 3 aromatic rings. The van der Waals surface area contributed by atoms with E-state index in [0.29, 0.717) is 0 Å². The summed E-state index contributed by atoms with van der Waals surface area (Å²) in [6.45, 7) is 3.10. The molecule has 3 rings (SSSR count). The maximum Gasteiger partial charge on any atom is 0.0565 e. The van der Waals surface area contributed by atoms with Gasteiger partial charge in [0.1, 0.15) is 0 Å². The van der Waals surface area contributed by atoms with Crippen LogP contribution in [0.15, 0.2) is 67.0 Å². The van der Waals surface area contributed by atoms with Gasteiger partial charge in [0.25, 0.3) is 0 Å². The van der Waals surface area contributed by atoms with Crippen molar-refractivity contribution in [2.45, 2.75) is 6.92 Å². The predicted octanol–water partition coefficient (Wildman–Crippen LogP) is 4.23. The van der Waals surface area contributed by atoms with Gasteiger partial charge in [-0.3, -0.25) is 5.10 Å². The van der Waals surface area contributed by atoms with Gasteiger partial charge in [0.2, 0.25) is 0 Å². The molecule has 0 bridgehead atoms. The number of hydrogen-bond acceptors (Lipinski definition) is 2. The molecule has 0 atom stereocenters. The highest BCUT2D eigenvalue weighted by Gasteiger charge is 2.07. The number of anilines is 2. The Morgan fingerprint density at radius 2 is 1.60 bits per heavy atom. The molecule has 3 heteroatoms. The van der Waals surface area contributed by atoms with E-state index in [9.17, 15) is 0 Å². The molecule has 0 amide bonds. The molecule has 0 aliphatic carbocycles. The Bertz CT molecular complexity index is 642. The summed E-state index contributed by atoms with van der Waals surface area (Å²) in [5.41, 5.74) is 4.70. The van der Waals surface area contributed by atoms with Crippen LogP contribution in [0.3, 0.4) is 0 Å². The molecule has 1 N–H and O–H groups in total. The number of rotatable bonds is 4. The van der Waals surface area contributed by atoms with Gasteiger partial charge in [0.15, 0.2) is 0 Å². The van der Waals surface area contributed by atoms with Crippen LogP contribution in [0.25, 0.3) is 11.1 Å². The summed E-state index contributed by atoms with van der Waals surface area (Å²) in [5.74, 6) is 0. The molecular weight excluding hydrogens is 246 g/mol. The molecule has 0 aliphatic heterocycles. The fourth-order valence-corrected chi connectivity index (χ4v) is 2.36. The highest BCUT2D eigenvalue weighted by molar-refractivity contribution is 5.68. The molecular formula is C17H17N3. The van der Waals surface area contributed by atoms with E-state index in [4.69, 9.17) is 0 Å². The Morgan fingerprint density at radius 3 is 2.20 bits per heavy atom. The number of nitrogens with zero attached hydrogens (tertiary/aromatic N) is 2. The number of aromatic amines is 1. The third kappa shape index (κ3) is 2.43. The van der Waals surface area contributed by atoms with Gasteiger partial charge >= 0.3 is 0 Å². The lowest BCUT2D eigenvalue weighted by molar-refractivity contribution is 1.02. The van der Waals surface area contributed by atoms with E-state index >= 15 is 0 Å². The van der Waals surface area contributed by atoms with Crippen LogP contribution in [-0.4, -0.2) is 16.7 Å². The Balaban J connectivity index is 1.90. The number of hydrogen-bond donors (Lipinski definition) is 1. The molecule has 2 aromatic carbocycles. The van der Waals surface area contributed by atoms with E-state index in [0.717, 1.165) is 12.1 Å². The quantitative estimate of drug-likeness (QED) is 0.763. The maximum absolute atomic E-state index is 3.98. The Labute approximate surface area is 118 Å². The molecule has 20 heavy (non-hydrogen) atoms. The normalized spacial score (nSPS) is 10.4. The Hall–Kier alpha value is -2.55. The highest BCUT2D eigenvalue weighted by Crippen LogP contribution is 2.27. The second kappa shape index (κ2) is 5.61. The molecule has 0 spiro atoms. The smallest absolute Gasteiger partial charge is 0.0565 e. The summed E-state index contributed by atoms with van der Waals surface area (Å²) in [4.78, 5) is 2.29. The van der Waals surface area contributed by atoms with Crippen LogP contribution < -0.4 is 4.90 Å². The number of nitrogens with one attached hydrogen (secondary N) is 1. The van der Waals surface area contributed by atoms with Gasteiger partial charge in [0, 0.05) is 29.7 Å². The average Bonchev–Trinajstić information content (AvgIpc) is 3.04. The van der Waals surface area contributed by atoms with Crippen molar-refractivity contribution in [3.05, 3.63) is 67.0 Å². The summed E-state index contributed by atoms with van der Waals surface area (Å²) in [6, 6.07) is 19.0. The second-order valence-corrected chi connectivity index (χ2v) is 4.61. The van der Waals surface area contributed by atoms with Crippen LogP contribution >= 0.6 is 0 Å². The molecule has 3 nitrogen and oxygen atoms in total. The molecule has 0 fully saturated rings. The number of aromatic nitrogens is 2. The van der Waals surface area contributed by atoms with Crippen molar-refractivity contribution in [1.82, 2.24) is 10.2 Å². The minimum Gasteiger partial charge on any atom is -0.342 e. The SMILES string of the molecule is CCN(c1ccccc1)c1ccc(-c2cn[nH]c2)cc1. The van der Waals surface area contributed by atoms with Crippen molar-refractivity contribution >= 4 is 11.4 Å². The number of H-pyrrole nitrogens is 1. The summed E-state index contributed by atoms with van der Waals surface area (Å²) in [5, 5.41) is 6.83. The lowest BCUT2D eigenvalue weighted by Crippen LogP contribution is -2.15. The van der Waals surface area contributed by atoms with Crippen molar-refractivity contribution < 1.29 is 0 Å². The van der Waals surface area contributed by atoms with Crippen molar-refractivity contribution in [2.75, 3.05) is 11.4 Å². The average molecular weight is 263 g/mol. The monoisotopic (exact) mass is 263 g/mol. The molecule has 0 aliphatic rings. The van der Waals surface area contributed by atoms with Gasteiger partial charge < -0.3 is 4.90 Å². The van der Waals surface area contributed by atoms with Gasteiger partial charge in [-0.1, -0.05) is 30.3 Å². The Kier molecular flexibility index (Phi) is 3.50. The molecule has 0 radical (unpaired) electrons. The van der Waals surface area contributed by atoms with Crippen molar-refractivity contribution in [3.63, 3.8) is 0 Å². The minimum atomic E-state index is 0.940. The standard InChI is InChI=1S/C17H17N3/c1-2-20(16-6-4-3-5-7-16)17-10-8-14(9-11-17)15-12-18-19-13-15/h3-13H,2H2,1H3,(H,18,19). The van der Waals surface area contributed by atoms with E-state index in [2.05, 4.69) is 70.6 Å². The van der Waals surface area contributed by atoms with Crippen LogP contribution in [0.5, 0.6) is 0 Å². The van der Waals surface area contributed by atoms with Crippen LogP contribution in [-0.2, 0) is 0 Å². The van der Waals surface area contributed by atoms with Gasteiger partial charge in [-0.25, -0.2) is 0 Å².